The van der Waals surface area contributed by atoms with Crippen molar-refractivity contribution in [2.45, 2.75) is 38.8 Å². The van der Waals surface area contributed by atoms with Gasteiger partial charge in [0.1, 0.15) is 0 Å². The zero-order chi connectivity index (χ0) is 13.7. The van der Waals surface area contributed by atoms with Crippen LogP contribution >= 0.6 is 11.8 Å². The summed E-state index contributed by atoms with van der Waals surface area (Å²) in [4.78, 5) is 17.3. The number of rotatable bonds is 6. The van der Waals surface area contributed by atoms with Gasteiger partial charge in [-0.3, -0.25) is 9.69 Å². The third-order valence-corrected chi connectivity index (χ3v) is 4.17. The van der Waals surface area contributed by atoms with E-state index in [1.807, 2.05) is 0 Å². The van der Waals surface area contributed by atoms with E-state index >= 15 is 0 Å². The number of thioether (sulfide) groups is 1. The van der Waals surface area contributed by atoms with Gasteiger partial charge < -0.3 is 9.63 Å². The molecule has 1 aromatic heterocycles. The van der Waals surface area contributed by atoms with Crippen molar-refractivity contribution < 1.29 is 14.4 Å². The van der Waals surface area contributed by atoms with Gasteiger partial charge in [-0.2, -0.15) is 16.7 Å². The highest BCUT2D eigenvalue weighted by Gasteiger charge is 2.26. The van der Waals surface area contributed by atoms with Gasteiger partial charge in [0, 0.05) is 30.5 Å². The van der Waals surface area contributed by atoms with Crippen LogP contribution in [-0.4, -0.2) is 50.2 Å². The van der Waals surface area contributed by atoms with Gasteiger partial charge in [-0.15, -0.1) is 0 Å². The van der Waals surface area contributed by atoms with Crippen LogP contribution in [0.1, 0.15) is 31.5 Å². The molecule has 1 aliphatic rings. The number of carboxylic acid groups (broad SMARTS) is 1. The molecule has 106 valence electrons. The van der Waals surface area contributed by atoms with E-state index in [1.54, 1.807) is 11.8 Å². The van der Waals surface area contributed by atoms with E-state index in [2.05, 4.69) is 22.0 Å². The molecule has 6 nitrogen and oxygen atoms in total. The molecular formula is C12H19N3O3S. The molecule has 1 aromatic rings. The standard InChI is InChI=1S/C12H19N3O3S/c1-2-3-11-13-10(14-18-11)7-15-4-5-19-8-9(15)6-12(16)17/h9H,2-8H2,1H3,(H,16,17). The number of aliphatic carboxylic acids is 1. The number of nitrogens with zero attached hydrogens (tertiary/aromatic N) is 3. The molecule has 1 unspecified atom stereocenters. The Kier molecular flexibility index (Phi) is 5.21. The van der Waals surface area contributed by atoms with E-state index in [4.69, 9.17) is 9.63 Å². The van der Waals surface area contributed by atoms with Gasteiger partial charge in [-0.05, 0) is 6.42 Å². The summed E-state index contributed by atoms with van der Waals surface area (Å²) in [7, 11) is 0. The maximum atomic E-state index is 10.9. The lowest BCUT2D eigenvalue weighted by Gasteiger charge is -2.33. The molecule has 0 bridgehead atoms. The maximum absolute atomic E-state index is 10.9. The predicted octanol–water partition coefficient (Wildman–Crippen LogP) is 1.41. The second-order valence-electron chi connectivity index (χ2n) is 4.65. The predicted molar refractivity (Wildman–Crippen MR) is 72.1 cm³/mol. The molecule has 19 heavy (non-hydrogen) atoms. The van der Waals surface area contributed by atoms with Crippen molar-refractivity contribution in [3.8, 4) is 0 Å². The fourth-order valence-corrected chi connectivity index (χ4v) is 3.27. The molecule has 1 saturated heterocycles. The third-order valence-electron chi connectivity index (χ3n) is 3.08. The molecule has 1 N–H and O–H groups in total. The van der Waals surface area contributed by atoms with E-state index < -0.39 is 5.97 Å². The monoisotopic (exact) mass is 285 g/mol. The molecule has 1 atom stereocenters. The van der Waals surface area contributed by atoms with Crippen molar-refractivity contribution in [2.75, 3.05) is 18.1 Å². The summed E-state index contributed by atoms with van der Waals surface area (Å²) in [6.45, 7) is 3.51. The topological polar surface area (TPSA) is 79.5 Å². The van der Waals surface area contributed by atoms with Crippen LogP contribution in [0.4, 0.5) is 0 Å². The molecule has 1 fully saturated rings. The first-order chi connectivity index (χ1) is 9.19. The van der Waals surface area contributed by atoms with Crippen molar-refractivity contribution in [1.29, 1.82) is 0 Å². The fraction of sp³-hybridized carbons (Fsp3) is 0.750. The summed E-state index contributed by atoms with van der Waals surface area (Å²) in [6.07, 6.45) is 1.94. The van der Waals surface area contributed by atoms with E-state index in [9.17, 15) is 4.79 Å². The zero-order valence-corrected chi connectivity index (χ0v) is 11.9. The smallest absolute Gasteiger partial charge is 0.304 e. The molecule has 0 radical (unpaired) electrons. The minimum atomic E-state index is -0.753. The fourth-order valence-electron chi connectivity index (χ4n) is 2.14. The van der Waals surface area contributed by atoms with Crippen LogP contribution in [-0.2, 0) is 17.8 Å². The van der Waals surface area contributed by atoms with Gasteiger partial charge in [-0.25, -0.2) is 0 Å². The van der Waals surface area contributed by atoms with Gasteiger partial charge in [0.15, 0.2) is 5.82 Å². The van der Waals surface area contributed by atoms with E-state index in [-0.39, 0.29) is 12.5 Å². The van der Waals surface area contributed by atoms with Gasteiger partial charge in [0.2, 0.25) is 5.89 Å². The Bertz CT molecular complexity index is 424. The van der Waals surface area contributed by atoms with E-state index in [0.717, 1.165) is 30.9 Å². The highest BCUT2D eigenvalue weighted by Crippen LogP contribution is 2.20. The largest absolute Gasteiger partial charge is 0.481 e. The average Bonchev–Trinajstić information content (AvgIpc) is 2.79. The first-order valence-electron chi connectivity index (χ1n) is 6.54. The van der Waals surface area contributed by atoms with Gasteiger partial charge in [-0.1, -0.05) is 12.1 Å². The Morgan fingerprint density at radius 2 is 2.47 bits per heavy atom. The molecule has 7 heteroatoms. The zero-order valence-electron chi connectivity index (χ0n) is 11.0. The summed E-state index contributed by atoms with van der Waals surface area (Å²) < 4.78 is 5.15. The molecular weight excluding hydrogens is 266 g/mol. The summed E-state index contributed by atoms with van der Waals surface area (Å²) >= 11 is 1.80. The van der Waals surface area contributed by atoms with Crippen LogP contribution in [0.15, 0.2) is 4.52 Å². The highest BCUT2D eigenvalue weighted by atomic mass is 32.2. The summed E-state index contributed by atoms with van der Waals surface area (Å²) in [5.41, 5.74) is 0. The molecule has 0 spiro atoms. The van der Waals surface area contributed by atoms with Crippen LogP contribution < -0.4 is 0 Å². The number of hydrogen-bond acceptors (Lipinski definition) is 6. The SMILES string of the molecule is CCCc1nc(CN2CCSCC2CC(=O)O)no1. The number of carboxylic acids is 1. The molecule has 0 aromatic carbocycles. The van der Waals surface area contributed by atoms with Gasteiger partial charge >= 0.3 is 5.97 Å². The van der Waals surface area contributed by atoms with Gasteiger partial charge in [0.05, 0.1) is 13.0 Å². The molecule has 0 amide bonds. The van der Waals surface area contributed by atoms with Crippen LogP contribution in [0.3, 0.4) is 0 Å². The Hall–Kier alpha value is -1.08. The van der Waals surface area contributed by atoms with Crippen LogP contribution in [0.2, 0.25) is 0 Å². The quantitative estimate of drug-likeness (QED) is 0.846. The summed E-state index contributed by atoms with van der Waals surface area (Å²) in [5, 5.41) is 12.9. The van der Waals surface area contributed by atoms with Crippen LogP contribution in [0.5, 0.6) is 0 Å². The van der Waals surface area contributed by atoms with Crippen molar-refractivity contribution in [3.63, 3.8) is 0 Å². The minimum Gasteiger partial charge on any atom is -0.481 e. The molecule has 2 rings (SSSR count). The number of aryl methyl sites for hydroxylation is 1. The molecule has 0 aliphatic carbocycles. The van der Waals surface area contributed by atoms with E-state index in [0.29, 0.717) is 18.3 Å². The Balaban J connectivity index is 1.95. The van der Waals surface area contributed by atoms with Crippen molar-refractivity contribution in [1.82, 2.24) is 15.0 Å². The molecule has 0 saturated carbocycles. The number of aromatic nitrogens is 2. The first-order valence-corrected chi connectivity index (χ1v) is 7.69. The second-order valence-corrected chi connectivity index (χ2v) is 5.80. The summed E-state index contributed by atoms with van der Waals surface area (Å²) in [6, 6.07) is 0.0596. The highest BCUT2D eigenvalue weighted by molar-refractivity contribution is 7.99. The van der Waals surface area contributed by atoms with Crippen LogP contribution in [0.25, 0.3) is 0 Å². The lowest BCUT2D eigenvalue weighted by atomic mass is 10.2. The minimum absolute atomic E-state index is 0.0596. The number of hydrogen-bond donors (Lipinski definition) is 1. The first kappa shape index (κ1) is 14.3. The Morgan fingerprint density at radius 3 is 3.21 bits per heavy atom. The Labute approximate surface area is 116 Å². The van der Waals surface area contributed by atoms with Crippen molar-refractivity contribution in [2.24, 2.45) is 0 Å². The lowest BCUT2D eigenvalue weighted by Crippen LogP contribution is -2.43. The Morgan fingerprint density at radius 1 is 1.63 bits per heavy atom. The van der Waals surface area contributed by atoms with Crippen molar-refractivity contribution in [3.05, 3.63) is 11.7 Å². The van der Waals surface area contributed by atoms with Crippen molar-refractivity contribution >= 4 is 17.7 Å². The maximum Gasteiger partial charge on any atom is 0.304 e. The second kappa shape index (κ2) is 6.91. The number of carbonyl (C=O) groups is 1. The summed E-state index contributed by atoms with van der Waals surface area (Å²) in [5.74, 6) is 2.45. The normalized spacial score (nSPS) is 20.6. The average molecular weight is 285 g/mol. The van der Waals surface area contributed by atoms with Gasteiger partial charge in [0.25, 0.3) is 0 Å². The third kappa shape index (κ3) is 4.21. The van der Waals surface area contributed by atoms with E-state index in [1.165, 1.54) is 0 Å². The molecule has 2 heterocycles. The lowest BCUT2D eigenvalue weighted by molar-refractivity contribution is -0.138. The van der Waals surface area contributed by atoms with Crippen LogP contribution in [0, 0.1) is 0 Å². The molecule has 1 aliphatic heterocycles.